The lowest BCUT2D eigenvalue weighted by Gasteiger charge is -2.26. The molecule has 1 fully saturated rings. The number of aliphatic imine (C=N–C) groups is 1. The molecule has 3 N–H and O–H groups in total. The molecule has 1 unspecified atom stereocenters. The Labute approximate surface area is 201 Å². The highest BCUT2D eigenvalue weighted by Gasteiger charge is 2.25. The second kappa shape index (κ2) is 11.4. The van der Waals surface area contributed by atoms with Crippen LogP contribution in [0.15, 0.2) is 53.5 Å². The van der Waals surface area contributed by atoms with Gasteiger partial charge in [0, 0.05) is 36.7 Å². The number of anilines is 1. The van der Waals surface area contributed by atoms with E-state index in [9.17, 15) is 4.79 Å². The fourth-order valence-corrected chi connectivity index (χ4v) is 3.68. The lowest BCUT2D eigenvalue weighted by atomic mass is 9.90. The third-order valence-corrected chi connectivity index (χ3v) is 5.52. The molecule has 0 saturated heterocycles. The minimum absolute atomic E-state index is 0. The van der Waals surface area contributed by atoms with Crippen molar-refractivity contribution in [1.29, 1.82) is 0 Å². The Balaban J connectivity index is 0.00000272. The molecule has 0 spiro atoms. The largest absolute Gasteiger partial charge is 0.493 e. The Morgan fingerprint density at radius 3 is 2.71 bits per heavy atom. The molecule has 7 heteroatoms. The number of halogens is 1. The number of nitrogens with zero attached hydrogens (tertiary/aromatic N) is 1. The molecule has 0 bridgehead atoms. The van der Waals surface area contributed by atoms with E-state index in [1.54, 1.807) is 0 Å². The van der Waals surface area contributed by atoms with Crippen LogP contribution < -0.4 is 20.7 Å². The van der Waals surface area contributed by atoms with E-state index in [4.69, 9.17) is 9.73 Å². The van der Waals surface area contributed by atoms with Gasteiger partial charge in [-0.25, -0.2) is 4.99 Å². The Kier molecular flexibility index (Phi) is 8.57. The molecule has 0 aromatic heterocycles. The lowest BCUT2D eigenvalue weighted by molar-refractivity contribution is -0.116. The predicted octanol–water partition coefficient (Wildman–Crippen LogP) is 4.27. The summed E-state index contributed by atoms with van der Waals surface area (Å²) >= 11 is 0. The number of ether oxygens (including phenoxy) is 1. The van der Waals surface area contributed by atoms with Crippen LogP contribution in [0.3, 0.4) is 0 Å². The molecule has 1 saturated carbocycles. The molecule has 2 aromatic carbocycles. The van der Waals surface area contributed by atoms with Crippen molar-refractivity contribution in [1.82, 2.24) is 10.6 Å². The summed E-state index contributed by atoms with van der Waals surface area (Å²) in [4.78, 5) is 16.8. The molecule has 0 radical (unpaired) electrons. The van der Waals surface area contributed by atoms with Gasteiger partial charge < -0.3 is 20.7 Å². The second-order valence-corrected chi connectivity index (χ2v) is 7.97. The Morgan fingerprint density at radius 1 is 1.13 bits per heavy atom. The van der Waals surface area contributed by atoms with Gasteiger partial charge in [0.2, 0.25) is 5.91 Å². The normalized spacial score (nSPS) is 17.8. The van der Waals surface area contributed by atoms with Gasteiger partial charge in [-0.05, 0) is 43.4 Å². The molecular weight excluding hydrogens is 503 g/mol. The Hall–Kier alpha value is -2.29. The number of hydrogen-bond donors (Lipinski definition) is 3. The van der Waals surface area contributed by atoms with Crippen LogP contribution in [0.5, 0.6) is 5.75 Å². The van der Waals surface area contributed by atoms with Crippen molar-refractivity contribution in [3.63, 3.8) is 0 Å². The third-order valence-electron chi connectivity index (χ3n) is 5.52. The van der Waals surface area contributed by atoms with Crippen molar-refractivity contribution in [3.05, 3.63) is 59.7 Å². The maximum Gasteiger partial charge on any atom is 0.225 e. The second-order valence-electron chi connectivity index (χ2n) is 7.97. The number of rotatable bonds is 8. The van der Waals surface area contributed by atoms with Crippen LogP contribution in [0.1, 0.15) is 43.2 Å². The van der Waals surface area contributed by atoms with Crippen molar-refractivity contribution >= 4 is 41.5 Å². The first kappa shape index (κ1) is 23.4. The number of nitrogens with one attached hydrogen (secondary N) is 3. The van der Waals surface area contributed by atoms with Crippen LogP contribution in [-0.4, -0.2) is 31.6 Å². The highest BCUT2D eigenvalue weighted by molar-refractivity contribution is 14.0. The molecule has 166 valence electrons. The number of para-hydroxylation sites is 2. The van der Waals surface area contributed by atoms with Crippen LogP contribution in [-0.2, 0) is 11.3 Å². The zero-order valence-electron chi connectivity index (χ0n) is 17.9. The highest BCUT2D eigenvalue weighted by atomic mass is 127. The fraction of sp³-hybridized carbons (Fsp3) is 0.417. The summed E-state index contributed by atoms with van der Waals surface area (Å²) in [5.74, 6) is 2.56. The molecule has 4 rings (SSSR count). The first-order valence-corrected chi connectivity index (χ1v) is 10.8. The van der Waals surface area contributed by atoms with Gasteiger partial charge in [-0.15, -0.1) is 24.0 Å². The van der Waals surface area contributed by atoms with E-state index in [1.807, 2.05) is 43.3 Å². The van der Waals surface area contributed by atoms with Crippen LogP contribution in [0, 0.1) is 5.92 Å². The summed E-state index contributed by atoms with van der Waals surface area (Å²) in [5, 5.41) is 9.68. The van der Waals surface area contributed by atoms with Crippen molar-refractivity contribution in [2.24, 2.45) is 10.9 Å². The van der Waals surface area contributed by atoms with Gasteiger partial charge in [0.15, 0.2) is 5.96 Å². The number of hydrogen-bond acceptors (Lipinski definition) is 3. The number of amides is 1. The summed E-state index contributed by atoms with van der Waals surface area (Å²) in [6.07, 6.45) is 3.02. The van der Waals surface area contributed by atoms with Crippen molar-refractivity contribution in [2.45, 2.75) is 38.6 Å². The molecule has 1 amide bonds. The average molecular weight is 534 g/mol. The summed E-state index contributed by atoms with van der Waals surface area (Å²) < 4.78 is 6.00. The number of guanidine groups is 1. The van der Waals surface area contributed by atoms with E-state index in [0.717, 1.165) is 42.0 Å². The fourth-order valence-electron chi connectivity index (χ4n) is 3.68. The maximum atomic E-state index is 12.1. The van der Waals surface area contributed by atoms with E-state index >= 15 is 0 Å². The first-order chi connectivity index (χ1) is 14.7. The van der Waals surface area contributed by atoms with E-state index in [0.29, 0.717) is 19.5 Å². The molecule has 1 aliphatic heterocycles. The molecule has 6 nitrogen and oxygen atoms in total. The van der Waals surface area contributed by atoms with Gasteiger partial charge in [-0.1, -0.05) is 36.4 Å². The van der Waals surface area contributed by atoms with Crippen molar-refractivity contribution < 1.29 is 9.53 Å². The molecule has 1 atom stereocenters. The lowest BCUT2D eigenvalue weighted by Crippen LogP contribution is -2.40. The topological polar surface area (TPSA) is 74.8 Å². The Bertz CT molecular complexity index is 914. The van der Waals surface area contributed by atoms with Crippen LogP contribution in [0.2, 0.25) is 0 Å². The molecular formula is C24H31IN4O2. The van der Waals surface area contributed by atoms with Crippen LogP contribution in [0.25, 0.3) is 0 Å². The van der Waals surface area contributed by atoms with Crippen LogP contribution >= 0.6 is 24.0 Å². The molecule has 31 heavy (non-hydrogen) atoms. The first-order valence-electron chi connectivity index (χ1n) is 10.8. The number of carbonyl (C=O) groups is 1. The third kappa shape index (κ3) is 6.59. The van der Waals surface area contributed by atoms with E-state index in [-0.39, 0.29) is 35.8 Å². The van der Waals surface area contributed by atoms with Gasteiger partial charge in [0.1, 0.15) is 5.75 Å². The summed E-state index contributed by atoms with van der Waals surface area (Å²) in [5.41, 5.74) is 3.15. The summed E-state index contributed by atoms with van der Waals surface area (Å²) in [7, 11) is 0. The van der Waals surface area contributed by atoms with Crippen molar-refractivity contribution in [2.75, 3.05) is 25.0 Å². The summed E-state index contributed by atoms with van der Waals surface area (Å²) in [6, 6.07) is 16.1. The minimum atomic E-state index is 0. The molecule has 1 aliphatic carbocycles. The average Bonchev–Trinajstić information content (AvgIpc) is 3.59. The maximum absolute atomic E-state index is 12.1. The number of carbonyl (C=O) groups excluding carboxylic acids is 1. The van der Waals surface area contributed by atoms with Gasteiger partial charge in [0.25, 0.3) is 0 Å². The number of benzene rings is 2. The molecule has 1 heterocycles. The quantitative estimate of drug-likeness (QED) is 0.269. The smallest absolute Gasteiger partial charge is 0.225 e. The minimum Gasteiger partial charge on any atom is -0.493 e. The van der Waals surface area contributed by atoms with E-state index in [1.165, 1.54) is 18.4 Å². The zero-order chi connectivity index (χ0) is 20.8. The standard InChI is InChI=1S/C24H30N4O2.HI/c1-2-25-24(26-14-18-7-3-6-10-22(18)30-16-17-11-12-17)27-15-19-13-23(29)28-21-9-5-4-8-20(19)21;/h3-10,17,19H,2,11-16H2,1H3,(H,28,29)(H2,25,26,27);1H. The SMILES string of the molecule is CCNC(=NCc1ccccc1OCC1CC1)NCC1CC(=O)Nc2ccccc21.I. The van der Waals surface area contributed by atoms with Crippen molar-refractivity contribution in [3.8, 4) is 5.75 Å². The number of fused-ring (bicyclic) bond motifs is 1. The summed E-state index contributed by atoms with van der Waals surface area (Å²) in [6.45, 7) is 4.80. The predicted molar refractivity (Wildman–Crippen MR) is 135 cm³/mol. The van der Waals surface area contributed by atoms with Gasteiger partial charge in [-0.3, -0.25) is 4.79 Å². The van der Waals surface area contributed by atoms with Crippen LogP contribution in [0.4, 0.5) is 5.69 Å². The monoisotopic (exact) mass is 534 g/mol. The van der Waals surface area contributed by atoms with E-state index in [2.05, 4.69) is 28.1 Å². The zero-order valence-corrected chi connectivity index (χ0v) is 20.2. The molecule has 2 aromatic rings. The van der Waals surface area contributed by atoms with E-state index < -0.39 is 0 Å². The van der Waals surface area contributed by atoms with Gasteiger partial charge in [0.05, 0.1) is 13.2 Å². The molecule has 2 aliphatic rings. The highest BCUT2D eigenvalue weighted by Crippen LogP contribution is 2.32. The van der Waals surface area contributed by atoms with Gasteiger partial charge >= 0.3 is 0 Å². The van der Waals surface area contributed by atoms with Gasteiger partial charge in [-0.2, -0.15) is 0 Å². The Morgan fingerprint density at radius 2 is 1.90 bits per heavy atom.